The minimum absolute atomic E-state index is 0.0486. The van der Waals surface area contributed by atoms with Crippen LogP contribution in [0.4, 0.5) is 5.69 Å². The monoisotopic (exact) mass is 388 g/mol. The number of esters is 1. The zero-order valence-corrected chi connectivity index (χ0v) is 15.7. The molecule has 0 saturated heterocycles. The van der Waals surface area contributed by atoms with Gasteiger partial charge in [0.05, 0.1) is 0 Å². The molecule has 1 amide bonds. The Morgan fingerprint density at radius 1 is 1.00 bits per heavy atom. The third-order valence-corrected chi connectivity index (χ3v) is 4.72. The summed E-state index contributed by atoms with van der Waals surface area (Å²) in [5.74, 6) is 0.876. The van der Waals surface area contributed by atoms with Crippen molar-refractivity contribution < 1.29 is 19.1 Å². The van der Waals surface area contributed by atoms with Crippen molar-refractivity contribution in [1.82, 2.24) is 4.98 Å². The molecular formula is C23H20N2O4. The minimum atomic E-state index is -0.366. The molecule has 0 aliphatic carbocycles. The lowest BCUT2D eigenvalue weighted by atomic mass is 9.90. The molecule has 29 heavy (non-hydrogen) atoms. The molecule has 0 saturated carbocycles. The van der Waals surface area contributed by atoms with E-state index < -0.39 is 0 Å². The van der Waals surface area contributed by atoms with Crippen molar-refractivity contribution in [3.8, 4) is 17.4 Å². The van der Waals surface area contributed by atoms with Gasteiger partial charge in [-0.25, -0.2) is 4.98 Å². The predicted octanol–water partition coefficient (Wildman–Crippen LogP) is 4.37. The molecule has 0 radical (unpaired) electrons. The fraction of sp³-hybridized carbons (Fsp3) is 0.174. The highest BCUT2D eigenvalue weighted by molar-refractivity contribution is 5.95. The van der Waals surface area contributed by atoms with Crippen molar-refractivity contribution in [3.05, 3.63) is 78.5 Å². The molecule has 1 aliphatic rings. The second kappa shape index (κ2) is 8.56. The maximum absolute atomic E-state index is 12.2. The van der Waals surface area contributed by atoms with Crippen LogP contribution in [-0.4, -0.2) is 16.9 Å². The number of pyridine rings is 1. The van der Waals surface area contributed by atoms with E-state index in [0.717, 1.165) is 11.3 Å². The fourth-order valence-electron chi connectivity index (χ4n) is 3.22. The SMILES string of the molecule is O=C(CCC1Cc2ccccc2NC1=O)Oc1ccc(Oc2ccccn2)cc1. The summed E-state index contributed by atoms with van der Waals surface area (Å²) < 4.78 is 11.0. The highest BCUT2D eigenvalue weighted by Gasteiger charge is 2.26. The van der Waals surface area contributed by atoms with Gasteiger partial charge >= 0.3 is 5.97 Å². The van der Waals surface area contributed by atoms with Gasteiger partial charge in [0.25, 0.3) is 0 Å². The Labute approximate surface area is 168 Å². The van der Waals surface area contributed by atoms with Gasteiger partial charge in [-0.3, -0.25) is 9.59 Å². The number of rotatable bonds is 6. The van der Waals surface area contributed by atoms with Gasteiger partial charge in [0, 0.05) is 30.3 Å². The number of amides is 1. The molecule has 1 atom stereocenters. The summed E-state index contributed by atoms with van der Waals surface area (Å²) in [4.78, 5) is 28.5. The molecule has 3 aromatic rings. The summed E-state index contributed by atoms with van der Waals surface area (Å²) >= 11 is 0. The first-order valence-electron chi connectivity index (χ1n) is 9.46. The van der Waals surface area contributed by atoms with E-state index in [4.69, 9.17) is 9.47 Å². The number of fused-ring (bicyclic) bond motifs is 1. The number of carbonyl (C=O) groups excluding carboxylic acids is 2. The van der Waals surface area contributed by atoms with Crippen molar-refractivity contribution in [2.75, 3.05) is 5.32 Å². The standard InChI is InChI=1S/C23H20N2O4/c26-22(13-8-17-15-16-5-1-2-6-20(16)25-23(17)27)29-19-11-9-18(10-12-19)28-21-7-3-4-14-24-21/h1-7,9-12,14,17H,8,13,15H2,(H,25,27). The van der Waals surface area contributed by atoms with Crippen LogP contribution in [0.3, 0.4) is 0 Å². The Morgan fingerprint density at radius 2 is 1.76 bits per heavy atom. The number of benzene rings is 2. The number of hydrogen-bond acceptors (Lipinski definition) is 5. The fourth-order valence-corrected chi connectivity index (χ4v) is 3.22. The maximum atomic E-state index is 12.2. The largest absolute Gasteiger partial charge is 0.439 e. The van der Waals surface area contributed by atoms with Gasteiger partial charge in [-0.05, 0) is 54.8 Å². The zero-order chi connectivity index (χ0) is 20.1. The number of nitrogens with zero attached hydrogens (tertiary/aromatic N) is 1. The zero-order valence-electron chi connectivity index (χ0n) is 15.7. The van der Waals surface area contributed by atoms with Gasteiger partial charge in [-0.1, -0.05) is 24.3 Å². The van der Waals surface area contributed by atoms with Crippen LogP contribution < -0.4 is 14.8 Å². The molecule has 0 spiro atoms. The molecule has 1 unspecified atom stereocenters. The van der Waals surface area contributed by atoms with E-state index in [2.05, 4.69) is 10.3 Å². The molecule has 2 heterocycles. The maximum Gasteiger partial charge on any atom is 0.311 e. The van der Waals surface area contributed by atoms with Crippen molar-refractivity contribution in [2.45, 2.75) is 19.3 Å². The highest BCUT2D eigenvalue weighted by Crippen LogP contribution is 2.28. The van der Waals surface area contributed by atoms with E-state index in [1.165, 1.54) is 0 Å². The molecule has 2 aromatic carbocycles. The average molecular weight is 388 g/mol. The number of nitrogens with one attached hydrogen (secondary N) is 1. The quantitative estimate of drug-likeness (QED) is 0.501. The molecule has 146 valence electrons. The third kappa shape index (κ3) is 4.79. The first kappa shape index (κ1) is 18.7. The summed E-state index contributed by atoms with van der Waals surface area (Å²) in [6, 6.07) is 19.9. The van der Waals surface area contributed by atoms with Gasteiger partial charge < -0.3 is 14.8 Å². The van der Waals surface area contributed by atoms with Crippen LogP contribution in [0.5, 0.6) is 17.4 Å². The first-order chi connectivity index (χ1) is 14.2. The number of hydrogen-bond donors (Lipinski definition) is 1. The van der Waals surface area contributed by atoms with Crippen LogP contribution in [0, 0.1) is 5.92 Å². The Balaban J connectivity index is 1.28. The van der Waals surface area contributed by atoms with Crippen LogP contribution in [-0.2, 0) is 16.0 Å². The van der Waals surface area contributed by atoms with E-state index in [-0.39, 0.29) is 24.2 Å². The van der Waals surface area contributed by atoms with Crippen molar-refractivity contribution >= 4 is 17.6 Å². The molecule has 6 heteroatoms. The minimum Gasteiger partial charge on any atom is -0.439 e. The Bertz CT molecular complexity index is 1000. The second-order valence-electron chi connectivity index (χ2n) is 6.80. The van der Waals surface area contributed by atoms with Crippen LogP contribution in [0.25, 0.3) is 0 Å². The summed E-state index contributed by atoms with van der Waals surface area (Å²) in [6.07, 6.45) is 2.90. The van der Waals surface area contributed by atoms with E-state index in [9.17, 15) is 9.59 Å². The molecule has 6 nitrogen and oxygen atoms in total. The molecule has 4 rings (SSSR count). The highest BCUT2D eigenvalue weighted by atomic mass is 16.5. The first-order valence-corrected chi connectivity index (χ1v) is 9.46. The molecule has 1 aromatic heterocycles. The van der Waals surface area contributed by atoms with Gasteiger partial charge in [0.15, 0.2) is 0 Å². The summed E-state index contributed by atoms with van der Waals surface area (Å²) in [6.45, 7) is 0. The normalized spacial score (nSPS) is 15.2. The predicted molar refractivity (Wildman–Crippen MR) is 108 cm³/mol. The van der Waals surface area contributed by atoms with Crippen molar-refractivity contribution in [2.24, 2.45) is 5.92 Å². The van der Waals surface area contributed by atoms with Gasteiger partial charge in [0.2, 0.25) is 11.8 Å². The molecule has 1 aliphatic heterocycles. The van der Waals surface area contributed by atoms with E-state index >= 15 is 0 Å². The van der Waals surface area contributed by atoms with Gasteiger partial charge in [-0.15, -0.1) is 0 Å². The Kier molecular flexibility index (Phi) is 5.52. The summed E-state index contributed by atoms with van der Waals surface area (Å²) in [7, 11) is 0. The van der Waals surface area contributed by atoms with Crippen LogP contribution in [0.15, 0.2) is 72.9 Å². The molecular weight excluding hydrogens is 368 g/mol. The number of para-hydroxylation sites is 1. The summed E-state index contributed by atoms with van der Waals surface area (Å²) in [5, 5.41) is 2.90. The Hall–Kier alpha value is -3.67. The van der Waals surface area contributed by atoms with Crippen LogP contribution in [0.2, 0.25) is 0 Å². The van der Waals surface area contributed by atoms with Gasteiger partial charge in [-0.2, -0.15) is 0 Å². The van der Waals surface area contributed by atoms with Crippen molar-refractivity contribution in [3.63, 3.8) is 0 Å². The smallest absolute Gasteiger partial charge is 0.311 e. The lowest BCUT2D eigenvalue weighted by molar-refractivity contribution is -0.134. The van der Waals surface area contributed by atoms with E-state index in [0.29, 0.717) is 30.2 Å². The lowest BCUT2D eigenvalue weighted by Crippen LogP contribution is -2.30. The number of carbonyl (C=O) groups is 2. The summed E-state index contributed by atoms with van der Waals surface area (Å²) in [5.41, 5.74) is 1.94. The van der Waals surface area contributed by atoms with Crippen LogP contribution in [0.1, 0.15) is 18.4 Å². The van der Waals surface area contributed by atoms with E-state index in [1.807, 2.05) is 36.4 Å². The second-order valence-corrected chi connectivity index (χ2v) is 6.80. The van der Waals surface area contributed by atoms with Gasteiger partial charge in [0.1, 0.15) is 11.5 Å². The van der Waals surface area contributed by atoms with Crippen molar-refractivity contribution in [1.29, 1.82) is 0 Å². The number of aromatic nitrogens is 1. The molecule has 0 fully saturated rings. The topological polar surface area (TPSA) is 77.5 Å². The molecule has 1 N–H and O–H groups in total. The molecule has 0 bridgehead atoms. The lowest BCUT2D eigenvalue weighted by Gasteiger charge is -2.24. The van der Waals surface area contributed by atoms with E-state index in [1.54, 1.807) is 36.5 Å². The average Bonchev–Trinajstić information content (AvgIpc) is 2.74. The Morgan fingerprint density at radius 3 is 2.55 bits per heavy atom. The van der Waals surface area contributed by atoms with Crippen LogP contribution >= 0.6 is 0 Å². The number of anilines is 1. The third-order valence-electron chi connectivity index (χ3n) is 4.72. The number of ether oxygens (including phenoxy) is 2.